The number of carbonyl (C=O) groups is 2. The zero-order chi connectivity index (χ0) is 18.2. The van der Waals surface area contributed by atoms with Crippen LogP contribution in [0.3, 0.4) is 0 Å². The van der Waals surface area contributed by atoms with Crippen molar-refractivity contribution in [3.8, 4) is 0 Å². The molecule has 1 aliphatic heterocycles. The first-order valence-corrected chi connectivity index (χ1v) is 9.81. The molecular formula is C18H29N3O3S. The van der Waals surface area contributed by atoms with Crippen molar-refractivity contribution in [3.63, 3.8) is 0 Å². The van der Waals surface area contributed by atoms with Gasteiger partial charge in [-0.25, -0.2) is 0 Å². The van der Waals surface area contributed by atoms with E-state index in [1.165, 1.54) is 11.3 Å². The van der Waals surface area contributed by atoms with Crippen molar-refractivity contribution in [2.24, 2.45) is 0 Å². The molecule has 1 saturated heterocycles. The summed E-state index contributed by atoms with van der Waals surface area (Å²) in [4.78, 5) is 26.8. The second-order valence-corrected chi connectivity index (χ2v) is 7.65. The van der Waals surface area contributed by atoms with Gasteiger partial charge in [0.1, 0.15) is 0 Å². The summed E-state index contributed by atoms with van der Waals surface area (Å²) in [6.07, 6.45) is 1.53. The lowest BCUT2D eigenvalue weighted by atomic mass is 10.1. The van der Waals surface area contributed by atoms with Crippen molar-refractivity contribution in [3.05, 3.63) is 22.4 Å². The zero-order valence-electron chi connectivity index (χ0n) is 15.3. The molecule has 0 aliphatic carbocycles. The number of amides is 2. The Morgan fingerprint density at radius 2 is 2.04 bits per heavy atom. The Morgan fingerprint density at radius 1 is 1.32 bits per heavy atom. The molecule has 3 atom stereocenters. The second-order valence-electron chi connectivity index (χ2n) is 6.70. The molecule has 1 aromatic heterocycles. The van der Waals surface area contributed by atoms with E-state index in [0.717, 1.165) is 13.1 Å². The summed E-state index contributed by atoms with van der Waals surface area (Å²) in [5, 5.41) is 7.70. The third kappa shape index (κ3) is 6.76. The molecule has 0 aromatic carbocycles. The fourth-order valence-electron chi connectivity index (χ4n) is 3.00. The number of nitrogens with one attached hydrogen (secondary N) is 2. The maximum absolute atomic E-state index is 12.0. The van der Waals surface area contributed by atoms with Crippen LogP contribution in [0.2, 0.25) is 0 Å². The Labute approximate surface area is 153 Å². The van der Waals surface area contributed by atoms with E-state index < -0.39 is 0 Å². The van der Waals surface area contributed by atoms with E-state index in [0.29, 0.717) is 30.8 Å². The zero-order valence-corrected chi connectivity index (χ0v) is 16.1. The minimum absolute atomic E-state index is 0.0339. The van der Waals surface area contributed by atoms with Crippen molar-refractivity contribution in [2.45, 2.75) is 51.9 Å². The topological polar surface area (TPSA) is 70.7 Å². The third-order valence-corrected chi connectivity index (χ3v) is 5.15. The van der Waals surface area contributed by atoms with Crippen LogP contribution < -0.4 is 10.6 Å². The molecule has 6 nitrogen and oxygen atoms in total. The first kappa shape index (κ1) is 19.9. The number of morpholine rings is 1. The molecule has 2 amide bonds. The Bertz CT molecular complexity index is 540. The van der Waals surface area contributed by atoms with Gasteiger partial charge in [0.2, 0.25) is 5.91 Å². The molecular weight excluding hydrogens is 338 g/mol. The Balaban J connectivity index is 1.58. The summed E-state index contributed by atoms with van der Waals surface area (Å²) in [6.45, 7) is 9.24. The molecule has 1 aromatic rings. The molecule has 0 spiro atoms. The largest absolute Gasteiger partial charge is 0.373 e. The van der Waals surface area contributed by atoms with Gasteiger partial charge in [-0.3, -0.25) is 14.5 Å². The van der Waals surface area contributed by atoms with Gasteiger partial charge in [-0.2, -0.15) is 0 Å². The van der Waals surface area contributed by atoms with Crippen LogP contribution in [0.4, 0.5) is 0 Å². The van der Waals surface area contributed by atoms with E-state index in [1.54, 1.807) is 6.07 Å². The summed E-state index contributed by atoms with van der Waals surface area (Å²) in [6, 6.07) is 3.93. The maximum atomic E-state index is 12.0. The number of nitrogens with zero attached hydrogens (tertiary/aromatic N) is 1. The molecule has 7 heteroatoms. The lowest BCUT2D eigenvalue weighted by molar-refractivity contribution is -0.121. The van der Waals surface area contributed by atoms with Crippen LogP contribution in [0.15, 0.2) is 17.5 Å². The van der Waals surface area contributed by atoms with Crippen LogP contribution in [0.1, 0.15) is 43.3 Å². The molecule has 0 radical (unpaired) electrons. The van der Waals surface area contributed by atoms with Gasteiger partial charge in [0.15, 0.2) is 0 Å². The highest BCUT2D eigenvalue weighted by atomic mass is 32.1. The average Bonchev–Trinajstić information content (AvgIpc) is 3.10. The minimum Gasteiger partial charge on any atom is -0.373 e. The first-order valence-electron chi connectivity index (χ1n) is 8.93. The van der Waals surface area contributed by atoms with E-state index in [2.05, 4.69) is 36.3 Å². The minimum atomic E-state index is -0.0698. The standard InChI is InChI=1S/C18H29N3O3S/c1-13(21-11-14(2)24-15(3)12-21)10-20-17(22)7-4-8-19-18(23)16-6-5-9-25-16/h5-6,9,13-15H,4,7-8,10-12H2,1-3H3,(H,19,23)(H,20,22). The smallest absolute Gasteiger partial charge is 0.261 e. The predicted molar refractivity (Wildman–Crippen MR) is 99.9 cm³/mol. The van der Waals surface area contributed by atoms with Gasteiger partial charge in [-0.05, 0) is 38.6 Å². The highest BCUT2D eigenvalue weighted by Crippen LogP contribution is 2.13. The monoisotopic (exact) mass is 367 g/mol. The molecule has 0 saturated carbocycles. The molecule has 25 heavy (non-hydrogen) atoms. The van der Waals surface area contributed by atoms with Crippen molar-refractivity contribution in [2.75, 3.05) is 26.2 Å². The second kappa shape index (κ2) is 9.89. The number of rotatable bonds is 8. The number of ether oxygens (including phenoxy) is 1. The summed E-state index contributed by atoms with van der Waals surface area (Å²) >= 11 is 1.42. The van der Waals surface area contributed by atoms with Crippen LogP contribution in [0.5, 0.6) is 0 Å². The van der Waals surface area contributed by atoms with Gasteiger partial charge in [0.05, 0.1) is 17.1 Å². The van der Waals surface area contributed by atoms with Crippen LogP contribution >= 0.6 is 11.3 Å². The van der Waals surface area contributed by atoms with E-state index in [9.17, 15) is 9.59 Å². The highest BCUT2D eigenvalue weighted by molar-refractivity contribution is 7.12. The first-order chi connectivity index (χ1) is 12.0. The number of hydrogen-bond acceptors (Lipinski definition) is 5. The van der Waals surface area contributed by atoms with Gasteiger partial charge in [-0.15, -0.1) is 11.3 Å². The van der Waals surface area contributed by atoms with Crippen LogP contribution in [0, 0.1) is 0 Å². The molecule has 2 heterocycles. The van der Waals surface area contributed by atoms with E-state index >= 15 is 0 Å². The number of carbonyl (C=O) groups excluding carboxylic acids is 2. The lowest BCUT2D eigenvalue weighted by Gasteiger charge is -2.39. The lowest BCUT2D eigenvalue weighted by Crippen LogP contribution is -2.52. The fourth-order valence-corrected chi connectivity index (χ4v) is 3.64. The Hall–Kier alpha value is -1.44. The number of hydrogen-bond donors (Lipinski definition) is 2. The molecule has 2 N–H and O–H groups in total. The SMILES string of the molecule is CC1CN(C(C)CNC(=O)CCCNC(=O)c2cccs2)CC(C)O1. The van der Waals surface area contributed by atoms with Crippen molar-refractivity contribution < 1.29 is 14.3 Å². The molecule has 3 unspecified atom stereocenters. The van der Waals surface area contributed by atoms with Crippen molar-refractivity contribution in [1.29, 1.82) is 0 Å². The fraction of sp³-hybridized carbons (Fsp3) is 0.667. The van der Waals surface area contributed by atoms with Crippen LogP contribution in [0.25, 0.3) is 0 Å². The molecule has 0 bridgehead atoms. The molecule has 2 rings (SSSR count). The highest BCUT2D eigenvalue weighted by Gasteiger charge is 2.25. The quantitative estimate of drug-likeness (QED) is 0.688. The summed E-state index contributed by atoms with van der Waals surface area (Å²) in [7, 11) is 0. The number of thiophene rings is 1. The van der Waals surface area contributed by atoms with E-state index in [-0.39, 0.29) is 30.1 Å². The van der Waals surface area contributed by atoms with Crippen molar-refractivity contribution >= 4 is 23.2 Å². The molecule has 140 valence electrons. The maximum Gasteiger partial charge on any atom is 0.261 e. The normalized spacial score (nSPS) is 22.4. The van der Waals surface area contributed by atoms with Gasteiger partial charge < -0.3 is 15.4 Å². The predicted octanol–water partition coefficient (Wildman–Crippen LogP) is 1.87. The summed E-state index contributed by atoms with van der Waals surface area (Å²) < 4.78 is 5.74. The van der Waals surface area contributed by atoms with Crippen LogP contribution in [-0.2, 0) is 9.53 Å². The van der Waals surface area contributed by atoms with E-state index in [1.807, 2.05) is 11.4 Å². The summed E-state index contributed by atoms with van der Waals surface area (Å²) in [5.41, 5.74) is 0. The average molecular weight is 368 g/mol. The van der Waals surface area contributed by atoms with E-state index in [4.69, 9.17) is 4.74 Å². The van der Waals surface area contributed by atoms with Gasteiger partial charge in [0, 0.05) is 38.6 Å². The van der Waals surface area contributed by atoms with Gasteiger partial charge >= 0.3 is 0 Å². The van der Waals surface area contributed by atoms with Gasteiger partial charge in [-0.1, -0.05) is 6.07 Å². The Kier molecular flexibility index (Phi) is 7.87. The van der Waals surface area contributed by atoms with Crippen molar-refractivity contribution in [1.82, 2.24) is 15.5 Å². The molecule has 1 fully saturated rings. The molecule has 1 aliphatic rings. The van der Waals surface area contributed by atoms with Gasteiger partial charge in [0.25, 0.3) is 5.91 Å². The third-order valence-electron chi connectivity index (χ3n) is 4.28. The Morgan fingerprint density at radius 3 is 2.68 bits per heavy atom. The summed E-state index contributed by atoms with van der Waals surface area (Å²) in [5.74, 6) is -0.0360. The van der Waals surface area contributed by atoms with Crippen LogP contribution in [-0.4, -0.2) is 61.1 Å².